The van der Waals surface area contributed by atoms with Gasteiger partial charge in [-0.25, -0.2) is 0 Å². The van der Waals surface area contributed by atoms with Crippen LogP contribution in [0.3, 0.4) is 0 Å². The van der Waals surface area contributed by atoms with Crippen molar-refractivity contribution in [3.63, 3.8) is 0 Å². The molecule has 1 aromatic heterocycles. The van der Waals surface area contributed by atoms with E-state index in [-0.39, 0.29) is 5.12 Å². The molecule has 0 bridgehead atoms. The number of rotatable bonds is 2. The lowest BCUT2D eigenvalue weighted by Crippen LogP contribution is -1.92. The van der Waals surface area contributed by atoms with Crippen molar-refractivity contribution in [2.45, 2.75) is 13.3 Å². The average Bonchev–Trinajstić information content (AvgIpc) is 2.51. The van der Waals surface area contributed by atoms with E-state index in [0.717, 1.165) is 17.9 Å². The Kier molecular flexibility index (Phi) is 4.27. The quantitative estimate of drug-likeness (QED) is 0.545. The van der Waals surface area contributed by atoms with Gasteiger partial charge in [0.1, 0.15) is 5.69 Å². The van der Waals surface area contributed by atoms with Gasteiger partial charge in [0.15, 0.2) is 5.12 Å². The molecule has 0 aliphatic rings. The van der Waals surface area contributed by atoms with E-state index in [9.17, 15) is 4.79 Å². The van der Waals surface area contributed by atoms with Gasteiger partial charge in [0.25, 0.3) is 0 Å². The summed E-state index contributed by atoms with van der Waals surface area (Å²) in [7, 11) is 1.86. The van der Waals surface area contributed by atoms with Crippen LogP contribution in [-0.4, -0.2) is 20.6 Å². The largest absolute Gasteiger partial charge is 0.288 e. The van der Waals surface area contributed by atoms with Crippen LogP contribution < -0.4 is 0 Å². The highest BCUT2D eigenvalue weighted by Crippen LogP contribution is 2.02. The molecule has 0 aromatic carbocycles. The summed E-state index contributed by atoms with van der Waals surface area (Å²) in [4.78, 5) is 10.6. The maximum Gasteiger partial charge on any atom is 0.185 e. The summed E-state index contributed by atoms with van der Waals surface area (Å²) in [5.41, 5.74) is 0.901. The first kappa shape index (κ1) is 10.9. The molecule has 1 aromatic rings. The summed E-state index contributed by atoms with van der Waals surface area (Å²) in [6, 6.07) is 1.87. The number of hydrogen-bond donors (Lipinski definition) is 0. The molecule has 3 nitrogen and oxygen atoms in total. The Hall–Kier alpha value is -1.21. The number of carbonyl (C=O) groups excluding carboxylic acids is 1. The molecule has 14 heavy (non-hydrogen) atoms. The Labute approximate surface area is 87.9 Å². The van der Waals surface area contributed by atoms with Crippen molar-refractivity contribution in [3.8, 4) is 11.8 Å². The van der Waals surface area contributed by atoms with E-state index >= 15 is 0 Å². The fraction of sp³-hybridized carbons (Fsp3) is 0.400. The van der Waals surface area contributed by atoms with E-state index in [1.54, 1.807) is 17.8 Å². The van der Waals surface area contributed by atoms with Crippen molar-refractivity contribution in [1.29, 1.82) is 0 Å². The second-order valence-electron chi connectivity index (χ2n) is 2.73. The molecule has 4 heteroatoms. The lowest BCUT2D eigenvalue weighted by atomic mass is 10.4. The predicted octanol–water partition coefficient (Wildman–Crippen LogP) is 1.44. The molecule has 0 saturated heterocycles. The molecule has 0 radical (unpaired) electrons. The summed E-state index contributed by atoms with van der Waals surface area (Å²) in [5.74, 6) is 6.76. The van der Waals surface area contributed by atoms with E-state index in [1.807, 2.05) is 13.1 Å². The van der Waals surface area contributed by atoms with Gasteiger partial charge in [0.05, 0.1) is 6.20 Å². The molecule has 0 aliphatic heterocycles. The highest BCUT2D eigenvalue weighted by molar-refractivity contribution is 8.13. The summed E-state index contributed by atoms with van der Waals surface area (Å²) in [6.45, 7) is 1.57. The normalized spacial score (nSPS) is 9.29. The van der Waals surface area contributed by atoms with E-state index in [0.29, 0.717) is 0 Å². The van der Waals surface area contributed by atoms with Gasteiger partial charge in [0.2, 0.25) is 0 Å². The molecule has 0 N–H and O–H groups in total. The van der Waals surface area contributed by atoms with E-state index in [1.165, 1.54) is 11.8 Å². The molecule has 0 spiro atoms. The van der Waals surface area contributed by atoms with Crippen LogP contribution in [-0.2, 0) is 11.8 Å². The molecule has 74 valence electrons. The number of aromatic nitrogens is 2. The Morgan fingerprint density at radius 2 is 2.50 bits per heavy atom. The Morgan fingerprint density at radius 3 is 3.07 bits per heavy atom. The Bertz CT molecular complexity index is 373. The second kappa shape index (κ2) is 5.51. The van der Waals surface area contributed by atoms with Crippen molar-refractivity contribution in [1.82, 2.24) is 9.78 Å². The second-order valence-corrected chi connectivity index (χ2v) is 4.00. The smallest absolute Gasteiger partial charge is 0.185 e. The van der Waals surface area contributed by atoms with Gasteiger partial charge in [-0.05, 0) is 12.0 Å². The number of carbonyl (C=O) groups is 1. The molecular weight excluding hydrogens is 196 g/mol. The minimum atomic E-state index is 0.146. The Balaban J connectivity index is 2.34. The van der Waals surface area contributed by atoms with Gasteiger partial charge >= 0.3 is 0 Å². The van der Waals surface area contributed by atoms with Gasteiger partial charge in [-0.3, -0.25) is 9.48 Å². The highest BCUT2D eigenvalue weighted by Gasteiger charge is 1.92. The molecule has 1 heterocycles. The minimum Gasteiger partial charge on any atom is -0.288 e. The first-order valence-corrected chi connectivity index (χ1v) is 5.29. The lowest BCUT2D eigenvalue weighted by Gasteiger charge is -1.90. The third kappa shape index (κ3) is 3.67. The molecule has 0 amide bonds. The van der Waals surface area contributed by atoms with Gasteiger partial charge in [-0.15, -0.1) is 0 Å². The molecule has 0 unspecified atom stereocenters. The zero-order valence-electron chi connectivity index (χ0n) is 8.28. The van der Waals surface area contributed by atoms with Crippen LogP contribution in [0.15, 0.2) is 12.3 Å². The highest BCUT2D eigenvalue weighted by atomic mass is 32.2. The molecule has 1 rings (SSSR count). The van der Waals surface area contributed by atoms with Gasteiger partial charge in [0, 0.05) is 26.1 Å². The van der Waals surface area contributed by atoms with Gasteiger partial charge < -0.3 is 0 Å². The maximum atomic E-state index is 10.6. The average molecular weight is 208 g/mol. The van der Waals surface area contributed by atoms with E-state index in [2.05, 4.69) is 16.9 Å². The van der Waals surface area contributed by atoms with Crippen LogP contribution >= 0.6 is 11.8 Å². The molecule has 0 atom stereocenters. The van der Waals surface area contributed by atoms with Crippen molar-refractivity contribution in [3.05, 3.63) is 18.0 Å². The fourth-order valence-corrected chi connectivity index (χ4v) is 1.39. The van der Waals surface area contributed by atoms with Gasteiger partial charge in [-0.1, -0.05) is 17.7 Å². The van der Waals surface area contributed by atoms with Crippen LogP contribution in [0.25, 0.3) is 0 Å². The molecular formula is C10H12N2OS. The molecule has 0 saturated carbocycles. The van der Waals surface area contributed by atoms with Crippen LogP contribution in [0, 0.1) is 11.8 Å². The van der Waals surface area contributed by atoms with Crippen LogP contribution in [0.1, 0.15) is 19.0 Å². The monoisotopic (exact) mass is 208 g/mol. The number of nitrogens with zero attached hydrogens (tertiary/aromatic N) is 2. The fourth-order valence-electron chi connectivity index (χ4n) is 0.895. The van der Waals surface area contributed by atoms with E-state index < -0.39 is 0 Å². The standard InChI is InChI=1S/C10H12N2OS/c1-9(13)14-8-4-3-5-10-6-7-11-12(10)2/h6-7H,4,8H2,1-2H3. The first-order valence-electron chi connectivity index (χ1n) is 4.30. The summed E-state index contributed by atoms with van der Waals surface area (Å²) in [6.07, 6.45) is 2.45. The van der Waals surface area contributed by atoms with Crippen molar-refractivity contribution < 1.29 is 4.79 Å². The molecule has 0 fully saturated rings. The van der Waals surface area contributed by atoms with Crippen LogP contribution in [0.2, 0.25) is 0 Å². The summed E-state index contributed by atoms with van der Waals surface area (Å²) < 4.78 is 1.73. The third-order valence-electron chi connectivity index (χ3n) is 1.57. The number of thioether (sulfide) groups is 1. The summed E-state index contributed by atoms with van der Waals surface area (Å²) in [5, 5.41) is 4.14. The molecule has 0 aliphatic carbocycles. The van der Waals surface area contributed by atoms with E-state index in [4.69, 9.17) is 0 Å². The number of aryl methyl sites for hydroxylation is 1. The minimum absolute atomic E-state index is 0.146. The van der Waals surface area contributed by atoms with Crippen molar-refractivity contribution in [2.75, 3.05) is 5.75 Å². The predicted molar refractivity (Wildman–Crippen MR) is 57.8 cm³/mol. The summed E-state index contributed by atoms with van der Waals surface area (Å²) >= 11 is 1.31. The van der Waals surface area contributed by atoms with Crippen molar-refractivity contribution in [2.24, 2.45) is 7.05 Å². The lowest BCUT2D eigenvalue weighted by molar-refractivity contribution is -0.109. The van der Waals surface area contributed by atoms with Crippen molar-refractivity contribution >= 4 is 16.9 Å². The zero-order chi connectivity index (χ0) is 10.4. The SMILES string of the molecule is CC(=O)SCCC#Cc1ccnn1C. The zero-order valence-corrected chi connectivity index (χ0v) is 9.10. The van der Waals surface area contributed by atoms with Gasteiger partial charge in [-0.2, -0.15) is 5.10 Å². The maximum absolute atomic E-state index is 10.6. The van der Waals surface area contributed by atoms with Crippen LogP contribution in [0.5, 0.6) is 0 Å². The topological polar surface area (TPSA) is 34.9 Å². The third-order valence-corrected chi connectivity index (χ3v) is 2.38. The van der Waals surface area contributed by atoms with Crippen LogP contribution in [0.4, 0.5) is 0 Å². The number of hydrogen-bond acceptors (Lipinski definition) is 3. The Morgan fingerprint density at radius 1 is 1.71 bits per heavy atom. The first-order chi connectivity index (χ1) is 6.70.